The Morgan fingerprint density at radius 1 is 1.32 bits per heavy atom. The molecule has 1 saturated heterocycles. The van der Waals surface area contributed by atoms with Crippen LogP contribution in [0.2, 0.25) is 5.02 Å². The zero-order valence-electron chi connectivity index (χ0n) is 10.5. The van der Waals surface area contributed by atoms with Crippen molar-refractivity contribution in [1.82, 2.24) is 9.80 Å². The SMILES string of the molecule is O=C(c1ccc(I)c(Cl)c1)N1CCN(CCO)CC1. The quantitative estimate of drug-likeness (QED) is 0.794. The highest BCUT2D eigenvalue weighted by molar-refractivity contribution is 14.1. The Kier molecular flexibility index (Phi) is 5.44. The number of rotatable bonds is 3. The molecule has 0 aromatic heterocycles. The van der Waals surface area contributed by atoms with Crippen LogP contribution in [0, 0.1) is 3.57 Å². The fraction of sp³-hybridized carbons (Fsp3) is 0.462. The number of β-amino-alcohol motifs (C(OH)–C–C–N with tert-alkyl or cyclic N) is 1. The number of halogens is 2. The first kappa shape index (κ1) is 15.0. The lowest BCUT2D eigenvalue weighted by Crippen LogP contribution is -2.49. The van der Waals surface area contributed by atoms with Gasteiger partial charge in [0.25, 0.3) is 5.91 Å². The highest BCUT2D eigenvalue weighted by atomic mass is 127. The van der Waals surface area contributed by atoms with Gasteiger partial charge in [0.2, 0.25) is 0 Å². The molecule has 1 N–H and O–H groups in total. The number of hydrogen-bond acceptors (Lipinski definition) is 3. The summed E-state index contributed by atoms with van der Waals surface area (Å²) in [6, 6.07) is 5.40. The van der Waals surface area contributed by atoms with Gasteiger partial charge < -0.3 is 10.0 Å². The van der Waals surface area contributed by atoms with Crippen LogP contribution in [0.15, 0.2) is 18.2 Å². The van der Waals surface area contributed by atoms with Crippen molar-refractivity contribution < 1.29 is 9.90 Å². The van der Waals surface area contributed by atoms with Crippen molar-refractivity contribution >= 4 is 40.1 Å². The van der Waals surface area contributed by atoms with Gasteiger partial charge in [-0.05, 0) is 40.8 Å². The van der Waals surface area contributed by atoms with Crippen LogP contribution in [0.4, 0.5) is 0 Å². The largest absolute Gasteiger partial charge is 0.395 e. The number of aliphatic hydroxyl groups is 1. The summed E-state index contributed by atoms with van der Waals surface area (Å²) < 4.78 is 0.948. The van der Waals surface area contributed by atoms with E-state index in [1.54, 1.807) is 6.07 Å². The maximum atomic E-state index is 12.3. The molecule has 6 heteroatoms. The molecule has 1 heterocycles. The van der Waals surface area contributed by atoms with Crippen molar-refractivity contribution in [2.75, 3.05) is 39.3 Å². The Balaban J connectivity index is 1.99. The van der Waals surface area contributed by atoms with E-state index in [0.717, 1.165) is 16.7 Å². The van der Waals surface area contributed by atoms with Crippen LogP contribution in [-0.4, -0.2) is 60.1 Å². The van der Waals surface area contributed by atoms with E-state index in [1.165, 1.54) is 0 Å². The fourth-order valence-corrected chi connectivity index (χ4v) is 2.64. The van der Waals surface area contributed by atoms with E-state index in [4.69, 9.17) is 16.7 Å². The molecule has 0 atom stereocenters. The van der Waals surface area contributed by atoms with E-state index in [1.807, 2.05) is 17.0 Å². The summed E-state index contributed by atoms with van der Waals surface area (Å²) in [7, 11) is 0. The Bertz CT molecular complexity index is 462. The maximum Gasteiger partial charge on any atom is 0.253 e. The highest BCUT2D eigenvalue weighted by Gasteiger charge is 2.22. The molecule has 0 bridgehead atoms. The van der Waals surface area contributed by atoms with Gasteiger partial charge in [-0.2, -0.15) is 0 Å². The monoisotopic (exact) mass is 394 g/mol. The first-order valence-electron chi connectivity index (χ1n) is 6.19. The van der Waals surface area contributed by atoms with E-state index in [0.29, 0.717) is 30.2 Å². The van der Waals surface area contributed by atoms with Crippen molar-refractivity contribution in [2.45, 2.75) is 0 Å². The third kappa shape index (κ3) is 3.81. The molecule has 4 nitrogen and oxygen atoms in total. The van der Waals surface area contributed by atoms with Crippen LogP contribution in [0.5, 0.6) is 0 Å². The van der Waals surface area contributed by atoms with Gasteiger partial charge in [-0.3, -0.25) is 9.69 Å². The smallest absolute Gasteiger partial charge is 0.253 e. The molecule has 0 spiro atoms. The third-order valence-corrected chi connectivity index (χ3v) is 4.81. The van der Waals surface area contributed by atoms with Crippen LogP contribution in [0.1, 0.15) is 10.4 Å². The van der Waals surface area contributed by atoms with Crippen LogP contribution in [0.3, 0.4) is 0 Å². The van der Waals surface area contributed by atoms with E-state index in [2.05, 4.69) is 27.5 Å². The van der Waals surface area contributed by atoms with Crippen molar-refractivity contribution in [3.8, 4) is 0 Å². The highest BCUT2D eigenvalue weighted by Crippen LogP contribution is 2.20. The molecule has 0 radical (unpaired) electrons. The molecule has 0 aliphatic carbocycles. The molecule has 1 amide bonds. The van der Waals surface area contributed by atoms with Gasteiger partial charge in [-0.25, -0.2) is 0 Å². The summed E-state index contributed by atoms with van der Waals surface area (Å²) in [5, 5.41) is 9.51. The van der Waals surface area contributed by atoms with Crippen molar-refractivity contribution in [1.29, 1.82) is 0 Å². The van der Waals surface area contributed by atoms with Crippen LogP contribution < -0.4 is 0 Å². The maximum absolute atomic E-state index is 12.3. The summed E-state index contributed by atoms with van der Waals surface area (Å²) in [6.07, 6.45) is 0. The number of piperazine rings is 1. The molecule has 19 heavy (non-hydrogen) atoms. The minimum absolute atomic E-state index is 0.0296. The molecular weight excluding hydrogens is 379 g/mol. The minimum atomic E-state index is 0.0296. The molecule has 104 valence electrons. The Hall–Kier alpha value is -0.370. The Morgan fingerprint density at radius 2 is 2.00 bits per heavy atom. The van der Waals surface area contributed by atoms with Crippen LogP contribution >= 0.6 is 34.2 Å². The summed E-state index contributed by atoms with van der Waals surface area (Å²) >= 11 is 8.19. The number of amides is 1. The van der Waals surface area contributed by atoms with Gasteiger partial charge in [0.15, 0.2) is 0 Å². The lowest BCUT2D eigenvalue weighted by molar-refractivity contribution is 0.0615. The van der Waals surface area contributed by atoms with Gasteiger partial charge in [-0.15, -0.1) is 0 Å². The average molecular weight is 395 g/mol. The summed E-state index contributed by atoms with van der Waals surface area (Å²) in [6.45, 7) is 3.86. The fourth-order valence-electron chi connectivity index (χ4n) is 2.13. The number of hydrogen-bond donors (Lipinski definition) is 1. The van der Waals surface area contributed by atoms with Crippen LogP contribution in [-0.2, 0) is 0 Å². The molecule has 0 saturated carbocycles. The zero-order chi connectivity index (χ0) is 13.8. The molecule has 1 aromatic rings. The minimum Gasteiger partial charge on any atom is -0.395 e. The standard InChI is InChI=1S/C13H16ClIN2O2/c14-11-9-10(1-2-12(11)15)13(19)17-5-3-16(4-6-17)7-8-18/h1-2,9,18H,3-8H2. The molecule has 1 fully saturated rings. The van der Waals surface area contributed by atoms with E-state index in [-0.39, 0.29) is 12.5 Å². The topological polar surface area (TPSA) is 43.8 Å². The molecular formula is C13H16ClIN2O2. The summed E-state index contributed by atoms with van der Waals surface area (Å²) in [4.78, 5) is 16.3. The number of aliphatic hydroxyl groups excluding tert-OH is 1. The van der Waals surface area contributed by atoms with Gasteiger partial charge in [0, 0.05) is 41.9 Å². The van der Waals surface area contributed by atoms with Crippen LogP contribution in [0.25, 0.3) is 0 Å². The second-order valence-electron chi connectivity index (χ2n) is 4.49. The number of carbonyl (C=O) groups is 1. The third-order valence-electron chi connectivity index (χ3n) is 3.24. The van der Waals surface area contributed by atoms with Gasteiger partial charge >= 0.3 is 0 Å². The van der Waals surface area contributed by atoms with Crippen molar-refractivity contribution in [3.05, 3.63) is 32.4 Å². The Morgan fingerprint density at radius 3 is 2.58 bits per heavy atom. The van der Waals surface area contributed by atoms with Crippen molar-refractivity contribution in [2.24, 2.45) is 0 Å². The van der Waals surface area contributed by atoms with E-state index >= 15 is 0 Å². The normalized spacial score (nSPS) is 16.7. The van der Waals surface area contributed by atoms with Gasteiger partial charge in [0.1, 0.15) is 0 Å². The summed E-state index contributed by atoms with van der Waals surface area (Å²) in [5.74, 6) is 0.0296. The second kappa shape index (κ2) is 6.88. The number of benzene rings is 1. The van der Waals surface area contributed by atoms with E-state index < -0.39 is 0 Å². The van der Waals surface area contributed by atoms with Crippen molar-refractivity contribution in [3.63, 3.8) is 0 Å². The molecule has 1 aliphatic heterocycles. The Labute approximate surface area is 131 Å². The zero-order valence-corrected chi connectivity index (χ0v) is 13.4. The molecule has 1 aromatic carbocycles. The molecule has 0 unspecified atom stereocenters. The van der Waals surface area contributed by atoms with E-state index in [9.17, 15) is 4.79 Å². The lowest BCUT2D eigenvalue weighted by Gasteiger charge is -2.34. The predicted molar refractivity (Wildman–Crippen MR) is 83.6 cm³/mol. The van der Waals surface area contributed by atoms with Gasteiger partial charge in [0.05, 0.1) is 11.6 Å². The first-order chi connectivity index (χ1) is 9.11. The average Bonchev–Trinajstić information content (AvgIpc) is 2.42. The van der Waals surface area contributed by atoms with Gasteiger partial charge in [-0.1, -0.05) is 11.6 Å². The molecule has 2 rings (SSSR count). The number of nitrogens with zero attached hydrogens (tertiary/aromatic N) is 2. The second-order valence-corrected chi connectivity index (χ2v) is 6.06. The summed E-state index contributed by atoms with van der Waals surface area (Å²) in [5.41, 5.74) is 0.640. The first-order valence-corrected chi connectivity index (χ1v) is 7.65. The predicted octanol–water partition coefficient (Wildman–Crippen LogP) is 1.69. The number of carbonyl (C=O) groups excluding carboxylic acids is 1. The lowest BCUT2D eigenvalue weighted by atomic mass is 10.2. The molecule has 1 aliphatic rings.